The van der Waals surface area contributed by atoms with E-state index in [4.69, 9.17) is 0 Å². The highest BCUT2D eigenvalue weighted by atomic mass is 16.3. The van der Waals surface area contributed by atoms with Gasteiger partial charge in [-0.15, -0.1) is 0 Å². The predicted molar refractivity (Wildman–Crippen MR) is 60.8 cm³/mol. The molecule has 5 heteroatoms. The molecule has 1 aliphatic rings. The van der Waals surface area contributed by atoms with Crippen LogP contribution in [0.25, 0.3) is 0 Å². The molecule has 0 aliphatic carbocycles. The molecule has 90 valence electrons. The standard InChI is InChI=1S/C11H20N4O/c1-9(2)5-15-11(12-8-13-15)7-14-4-3-10(16)6-14/h8-10,16H,3-7H2,1-2H3. The Morgan fingerprint density at radius 3 is 3.00 bits per heavy atom. The topological polar surface area (TPSA) is 54.2 Å². The minimum Gasteiger partial charge on any atom is -0.392 e. The Kier molecular flexibility index (Phi) is 3.56. The van der Waals surface area contributed by atoms with E-state index in [0.29, 0.717) is 5.92 Å². The van der Waals surface area contributed by atoms with E-state index in [1.807, 2.05) is 4.68 Å². The van der Waals surface area contributed by atoms with Crippen LogP contribution in [0, 0.1) is 5.92 Å². The SMILES string of the molecule is CC(C)Cn1ncnc1CN1CCC(O)C1. The third-order valence-electron chi connectivity index (χ3n) is 2.85. The molecular weight excluding hydrogens is 204 g/mol. The van der Waals surface area contributed by atoms with Crippen molar-refractivity contribution in [2.75, 3.05) is 13.1 Å². The van der Waals surface area contributed by atoms with Crippen LogP contribution in [-0.2, 0) is 13.1 Å². The van der Waals surface area contributed by atoms with E-state index >= 15 is 0 Å². The fourth-order valence-corrected chi connectivity index (χ4v) is 2.06. The molecule has 0 aromatic carbocycles. The summed E-state index contributed by atoms with van der Waals surface area (Å²) in [6, 6.07) is 0. The fraction of sp³-hybridized carbons (Fsp3) is 0.818. The van der Waals surface area contributed by atoms with Gasteiger partial charge in [0.25, 0.3) is 0 Å². The Balaban J connectivity index is 1.96. The Hall–Kier alpha value is -0.940. The zero-order chi connectivity index (χ0) is 11.5. The van der Waals surface area contributed by atoms with Crippen LogP contribution in [0.15, 0.2) is 6.33 Å². The molecule has 2 rings (SSSR count). The van der Waals surface area contributed by atoms with Crippen molar-refractivity contribution in [1.29, 1.82) is 0 Å². The van der Waals surface area contributed by atoms with Crippen LogP contribution >= 0.6 is 0 Å². The quantitative estimate of drug-likeness (QED) is 0.809. The summed E-state index contributed by atoms with van der Waals surface area (Å²) in [5, 5.41) is 13.7. The maximum Gasteiger partial charge on any atom is 0.141 e. The molecule has 0 bridgehead atoms. The second-order valence-corrected chi connectivity index (χ2v) is 4.93. The molecule has 1 N–H and O–H groups in total. The molecular formula is C11H20N4O. The highest BCUT2D eigenvalue weighted by Crippen LogP contribution is 2.12. The lowest BCUT2D eigenvalue weighted by molar-refractivity contribution is 0.173. The molecule has 1 aromatic rings. The minimum atomic E-state index is -0.165. The number of hydrogen-bond acceptors (Lipinski definition) is 4. The van der Waals surface area contributed by atoms with Crippen LogP contribution < -0.4 is 0 Å². The molecule has 1 atom stereocenters. The van der Waals surface area contributed by atoms with E-state index in [1.165, 1.54) is 0 Å². The highest BCUT2D eigenvalue weighted by molar-refractivity contribution is 4.87. The monoisotopic (exact) mass is 224 g/mol. The number of hydrogen-bond donors (Lipinski definition) is 1. The van der Waals surface area contributed by atoms with E-state index in [2.05, 4.69) is 28.8 Å². The average molecular weight is 224 g/mol. The number of rotatable bonds is 4. The van der Waals surface area contributed by atoms with Gasteiger partial charge in [-0.2, -0.15) is 5.10 Å². The highest BCUT2D eigenvalue weighted by Gasteiger charge is 2.21. The van der Waals surface area contributed by atoms with Gasteiger partial charge in [-0.05, 0) is 12.3 Å². The molecule has 1 fully saturated rings. The second-order valence-electron chi connectivity index (χ2n) is 4.93. The van der Waals surface area contributed by atoms with Crippen molar-refractivity contribution in [3.63, 3.8) is 0 Å². The van der Waals surface area contributed by atoms with Gasteiger partial charge in [0.05, 0.1) is 12.6 Å². The summed E-state index contributed by atoms with van der Waals surface area (Å²) in [4.78, 5) is 6.51. The van der Waals surface area contributed by atoms with Crippen LogP contribution in [0.1, 0.15) is 26.1 Å². The third kappa shape index (κ3) is 2.80. The molecule has 0 spiro atoms. The summed E-state index contributed by atoms with van der Waals surface area (Å²) in [6.45, 7) is 7.76. The van der Waals surface area contributed by atoms with Gasteiger partial charge in [-0.25, -0.2) is 9.67 Å². The zero-order valence-corrected chi connectivity index (χ0v) is 10.0. The zero-order valence-electron chi connectivity index (χ0n) is 10.0. The molecule has 0 saturated carbocycles. The maximum atomic E-state index is 9.46. The lowest BCUT2D eigenvalue weighted by atomic mass is 10.2. The molecule has 0 amide bonds. The van der Waals surface area contributed by atoms with Crippen LogP contribution in [0.5, 0.6) is 0 Å². The largest absolute Gasteiger partial charge is 0.392 e. The summed E-state index contributed by atoms with van der Waals surface area (Å²) in [6.07, 6.45) is 2.32. The predicted octanol–water partition coefficient (Wildman–Crippen LogP) is 0.501. The van der Waals surface area contributed by atoms with Crippen molar-refractivity contribution in [2.24, 2.45) is 5.92 Å². The Labute approximate surface area is 96.1 Å². The number of likely N-dealkylation sites (tertiary alicyclic amines) is 1. The van der Waals surface area contributed by atoms with Crippen LogP contribution in [0.3, 0.4) is 0 Å². The van der Waals surface area contributed by atoms with Gasteiger partial charge in [-0.3, -0.25) is 4.90 Å². The smallest absolute Gasteiger partial charge is 0.141 e. The first kappa shape index (κ1) is 11.5. The molecule has 1 unspecified atom stereocenters. The van der Waals surface area contributed by atoms with Crippen molar-refractivity contribution in [3.05, 3.63) is 12.2 Å². The summed E-state index contributed by atoms with van der Waals surface area (Å²) >= 11 is 0. The number of aromatic nitrogens is 3. The Morgan fingerprint density at radius 1 is 1.56 bits per heavy atom. The molecule has 1 aromatic heterocycles. The molecule has 1 aliphatic heterocycles. The van der Waals surface area contributed by atoms with E-state index in [1.54, 1.807) is 6.33 Å². The maximum absolute atomic E-state index is 9.46. The normalized spacial score (nSPS) is 22.1. The lowest BCUT2D eigenvalue weighted by Gasteiger charge is -2.15. The van der Waals surface area contributed by atoms with Gasteiger partial charge in [-0.1, -0.05) is 13.8 Å². The first-order chi connectivity index (χ1) is 7.65. The Bertz CT molecular complexity index is 336. The summed E-state index contributed by atoms with van der Waals surface area (Å²) in [5.41, 5.74) is 0. The molecule has 2 heterocycles. The fourth-order valence-electron chi connectivity index (χ4n) is 2.06. The average Bonchev–Trinajstić information content (AvgIpc) is 2.77. The molecule has 1 saturated heterocycles. The molecule has 0 radical (unpaired) electrons. The van der Waals surface area contributed by atoms with Crippen molar-refractivity contribution in [1.82, 2.24) is 19.7 Å². The number of nitrogens with zero attached hydrogens (tertiary/aromatic N) is 4. The van der Waals surface area contributed by atoms with Crippen molar-refractivity contribution < 1.29 is 5.11 Å². The number of aliphatic hydroxyl groups excluding tert-OH is 1. The Morgan fingerprint density at radius 2 is 2.38 bits per heavy atom. The lowest BCUT2D eigenvalue weighted by Crippen LogP contribution is -2.24. The number of aliphatic hydroxyl groups is 1. The molecule has 16 heavy (non-hydrogen) atoms. The van der Waals surface area contributed by atoms with Gasteiger partial charge >= 0.3 is 0 Å². The van der Waals surface area contributed by atoms with E-state index < -0.39 is 0 Å². The first-order valence-electron chi connectivity index (χ1n) is 5.92. The van der Waals surface area contributed by atoms with Crippen LogP contribution in [-0.4, -0.2) is 44.0 Å². The van der Waals surface area contributed by atoms with Gasteiger partial charge in [0.2, 0.25) is 0 Å². The summed E-state index contributed by atoms with van der Waals surface area (Å²) < 4.78 is 1.97. The third-order valence-corrected chi connectivity index (χ3v) is 2.85. The van der Waals surface area contributed by atoms with Crippen molar-refractivity contribution in [3.8, 4) is 0 Å². The molecule has 5 nitrogen and oxygen atoms in total. The summed E-state index contributed by atoms with van der Waals surface area (Å²) in [5.74, 6) is 1.58. The van der Waals surface area contributed by atoms with Crippen molar-refractivity contribution >= 4 is 0 Å². The van der Waals surface area contributed by atoms with Gasteiger partial charge in [0.15, 0.2) is 0 Å². The van der Waals surface area contributed by atoms with E-state index in [9.17, 15) is 5.11 Å². The second kappa shape index (κ2) is 4.93. The van der Waals surface area contributed by atoms with E-state index in [-0.39, 0.29) is 6.10 Å². The minimum absolute atomic E-state index is 0.165. The van der Waals surface area contributed by atoms with Crippen molar-refractivity contribution in [2.45, 2.75) is 39.5 Å². The first-order valence-corrected chi connectivity index (χ1v) is 5.92. The van der Waals surface area contributed by atoms with Crippen LogP contribution in [0.4, 0.5) is 0 Å². The van der Waals surface area contributed by atoms with Gasteiger partial charge < -0.3 is 5.11 Å². The number of β-amino-alcohol motifs (C(OH)–C–C–N with tert-alkyl or cyclic N) is 1. The van der Waals surface area contributed by atoms with Crippen LogP contribution in [0.2, 0.25) is 0 Å². The summed E-state index contributed by atoms with van der Waals surface area (Å²) in [7, 11) is 0. The van der Waals surface area contributed by atoms with Gasteiger partial charge in [0, 0.05) is 19.6 Å². The van der Waals surface area contributed by atoms with Gasteiger partial charge in [0.1, 0.15) is 12.2 Å². The van der Waals surface area contributed by atoms with E-state index in [0.717, 1.165) is 38.4 Å².